The van der Waals surface area contributed by atoms with Gasteiger partial charge in [-0.25, -0.2) is 0 Å². The van der Waals surface area contributed by atoms with Crippen molar-refractivity contribution in [2.45, 2.75) is 144 Å². The van der Waals surface area contributed by atoms with E-state index < -0.39 is 0 Å². The molecule has 0 aliphatic rings. The normalized spacial score (nSPS) is 14.1. The van der Waals surface area contributed by atoms with Gasteiger partial charge in [-0.3, -0.25) is 9.80 Å². The molecule has 2 unspecified atom stereocenters. The number of rotatable bonds is 21. The Morgan fingerprint density at radius 2 is 0.643 bits per heavy atom. The second-order valence-electron chi connectivity index (χ2n) is 8.91. The topological polar surface area (TPSA) is 6.48 Å². The Balaban J connectivity index is 5.59. The lowest BCUT2D eigenvalue weighted by Crippen LogP contribution is -2.53. The largest absolute Gasteiger partial charge is 0.299 e. The number of hydrogen-bond acceptors (Lipinski definition) is 2. The molecule has 0 aromatic carbocycles. The first-order chi connectivity index (χ1) is 13.7. The molecule has 2 atom stereocenters. The quantitative estimate of drug-likeness (QED) is 0.194. The van der Waals surface area contributed by atoms with Crippen LogP contribution in [0.2, 0.25) is 0 Å². The van der Waals surface area contributed by atoms with E-state index in [2.05, 4.69) is 51.3 Å². The average Bonchev–Trinajstić information content (AvgIpc) is 2.71. The minimum Gasteiger partial charge on any atom is -0.299 e. The molecule has 0 N–H and O–H groups in total. The van der Waals surface area contributed by atoms with E-state index in [0.717, 1.165) is 12.1 Å². The summed E-state index contributed by atoms with van der Waals surface area (Å²) in [7, 11) is 0. The van der Waals surface area contributed by atoms with Gasteiger partial charge in [-0.2, -0.15) is 0 Å². The highest BCUT2D eigenvalue weighted by Crippen LogP contribution is 2.24. The van der Waals surface area contributed by atoms with E-state index in [1.807, 2.05) is 0 Å². The molecule has 0 rings (SSSR count). The van der Waals surface area contributed by atoms with E-state index in [9.17, 15) is 0 Å². The molecule has 0 saturated carbocycles. The van der Waals surface area contributed by atoms with Gasteiger partial charge in [-0.1, -0.05) is 92.9 Å². The Labute approximate surface area is 179 Å². The first kappa shape index (κ1) is 27.9. The van der Waals surface area contributed by atoms with Crippen LogP contribution in [0.4, 0.5) is 0 Å². The summed E-state index contributed by atoms with van der Waals surface area (Å²) >= 11 is 0. The van der Waals surface area contributed by atoms with Gasteiger partial charge < -0.3 is 0 Å². The molecule has 0 amide bonds. The van der Waals surface area contributed by atoms with Crippen LogP contribution in [0.1, 0.15) is 131 Å². The molecule has 0 fully saturated rings. The third-order valence-corrected chi connectivity index (χ3v) is 6.28. The zero-order valence-corrected chi connectivity index (χ0v) is 20.8. The van der Waals surface area contributed by atoms with Crippen LogP contribution in [-0.2, 0) is 0 Å². The zero-order chi connectivity index (χ0) is 21.0. The predicted octanol–water partition coefficient (Wildman–Crippen LogP) is 7.91. The minimum atomic E-state index is 0.762. The molecule has 0 aromatic rings. The summed E-state index contributed by atoms with van der Waals surface area (Å²) in [5, 5.41) is 0. The van der Waals surface area contributed by atoms with Crippen LogP contribution in [-0.4, -0.2) is 48.1 Å². The highest BCUT2D eigenvalue weighted by atomic mass is 15.2. The lowest BCUT2D eigenvalue weighted by Gasteiger charge is -2.43. The molecular weight excluding hydrogens is 340 g/mol. The number of hydrogen-bond donors (Lipinski definition) is 0. The zero-order valence-electron chi connectivity index (χ0n) is 20.8. The van der Waals surface area contributed by atoms with Crippen molar-refractivity contribution in [3.8, 4) is 0 Å². The predicted molar refractivity (Wildman–Crippen MR) is 129 cm³/mol. The fourth-order valence-electron chi connectivity index (χ4n) is 4.39. The van der Waals surface area contributed by atoms with E-state index >= 15 is 0 Å². The summed E-state index contributed by atoms with van der Waals surface area (Å²) in [6, 6.07) is 1.52. The molecular formula is C26H56N2. The van der Waals surface area contributed by atoms with Crippen LogP contribution < -0.4 is 0 Å². The van der Waals surface area contributed by atoms with Crippen LogP contribution in [0, 0.1) is 0 Å². The maximum atomic E-state index is 2.92. The summed E-state index contributed by atoms with van der Waals surface area (Å²) in [5.41, 5.74) is 0. The third-order valence-electron chi connectivity index (χ3n) is 6.28. The fraction of sp³-hybridized carbons (Fsp3) is 1.00. The molecule has 28 heavy (non-hydrogen) atoms. The van der Waals surface area contributed by atoms with Crippen molar-refractivity contribution in [2.75, 3.05) is 26.2 Å². The van der Waals surface area contributed by atoms with Gasteiger partial charge >= 0.3 is 0 Å². The second kappa shape index (κ2) is 20.2. The summed E-state index contributed by atoms with van der Waals surface area (Å²) in [4.78, 5) is 5.85. The van der Waals surface area contributed by atoms with Crippen molar-refractivity contribution in [3.05, 3.63) is 0 Å². The van der Waals surface area contributed by atoms with Crippen molar-refractivity contribution in [1.29, 1.82) is 0 Å². The molecule has 0 heterocycles. The Bertz CT molecular complexity index is 259. The van der Waals surface area contributed by atoms with Crippen molar-refractivity contribution < 1.29 is 0 Å². The molecule has 0 bridgehead atoms. The molecule has 0 aliphatic carbocycles. The standard InChI is InChI=1S/C26H56N2/c1-7-13-19-25(27(21-15-9-3)22-16-10-4)26(20-14-8-2)28(23-17-11-5)24-18-12-6/h25-26H,7-24H2,1-6H3. The van der Waals surface area contributed by atoms with Gasteiger partial charge in [0, 0.05) is 12.1 Å². The third kappa shape index (κ3) is 12.5. The molecule has 0 aromatic heterocycles. The van der Waals surface area contributed by atoms with E-state index in [0.29, 0.717) is 0 Å². The average molecular weight is 397 g/mol. The Hall–Kier alpha value is -0.0800. The van der Waals surface area contributed by atoms with Gasteiger partial charge in [0.15, 0.2) is 0 Å². The highest BCUT2D eigenvalue weighted by molar-refractivity contribution is 4.87. The SMILES string of the molecule is CCCCC(C(CCCC)N(CCCC)CCCC)N(CCCC)CCCC. The smallest absolute Gasteiger partial charge is 0.0251 e. The molecule has 0 aliphatic heterocycles. The van der Waals surface area contributed by atoms with Gasteiger partial charge in [-0.05, 0) is 64.7 Å². The van der Waals surface area contributed by atoms with Gasteiger partial charge in [0.05, 0.1) is 0 Å². The Kier molecular flexibility index (Phi) is 20.1. The maximum Gasteiger partial charge on any atom is 0.0251 e. The van der Waals surface area contributed by atoms with E-state index in [1.54, 1.807) is 0 Å². The van der Waals surface area contributed by atoms with Gasteiger partial charge in [0.1, 0.15) is 0 Å². The highest BCUT2D eigenvalue weighted by Gasteiger charge is 2.30. The van der Waals surface area contributed by atoms with Crippen molar-refractivity contribution in [3.63, 3.8) is 0 Å². The van der Waals surface area contributed by atoms with Crippen LogP contribution in [0.5, 0.6) is 0 Å². The van der Waals surface area contributed by atoms with Crippen molar-refractivity contribution >= 4 is 0 Å². The van der Waals surface area contributed by atoms with Gasteiger partial charge in [-0.15, -0.1) is 0 Å². The van der Waals surface area contributed by atoms with E-state index in [1.165, 1.54) is 116 Å². The molecule has 2 nitrogen and oxygen atoms in total. The lowest BCUT2D eigenvalue weighted by molar-refractivity contribution is 0.0592. The summed E-state index contributed by atoms with van der Waals surface area (Å²) in [5.74, 6) is 0. The van der Waals surface area contributed by atoms with Crippen LogP contribution in [0.15, 0.2) is 0 Å². The Morgan fingerprint density at radius 3 is 0.857 bits per heavy atom. The van der Waals surface area contributed by atoms with Crippen LogP contribution >= 0.6 is 0 Å². The minimum absolute atomic E-state index is 0.762. The van der Waals surface area contributed by atoms with Gasteiger partial charge in [0.2, 0.25) is 0 Å². The lowest BCUT2D eigenvalue weighted by atomic mass is 9.92. The molecule has 0 radical (unpaired) electrons. The Morgan fingerprint density at radius 1 is 0.393 bits per heavy atom. The maximum absolute atomic E-state index is 2.92. The van der Waals surface area contributed by atoms with Crippen molar-refractivity contribution in [1.82, 2.24) is 9.80 Å². The summed E-state index contributed by atoms with van der Waals surface area (Å²) in [6.45, 7) is 19.4. The van der Waals surface area contributed by atoms with Gasteiger partial charge in [0.25, 0.3) is 0 Å². The molecule has 2 heteroatoms. The first-order valence-electron chi connectivity index (χ1n) is 13.2. The van der Waals surface area contributed by atoms with Crippen molar-refractivity contribution in [2.24, 2.45) is 0 Å². The monoisotopic (exact) mass is 396 g/mol. The summed E-state index contributed by atoms with van der Waals surface area (Å²) < 4.78 is 0. The van der Waals surface area contributed by atoms with E-state index in [4.69, 9.17) is 0 Å². The molecule has 0 saturated heterocycles. The second-order valence-corrected chi connectivity index (χ2v) is 8.91. The van der Waals surface area contributed by atoms with Crippen LogP contribution in [0.25, 0.3) is 0 Å². The summed E-state index contributed by atoms with van der Waals surface area (Å²) in [6.07, 6.45) is 18.9. The van der Waals surface area contributed by atoms with E-state index in [-0.39, 0.29) is 0 Å². The number of nitrogens with zero attached hydrogens (tertiary/aromatic N) is 2. The van der Waals surface area contributed by atoms with Crippen LogP contribution in [0.3, 0.4) is 0 Å². The molecule has 170 valence electrons. The first-order valence-corrected chi connectivity index (χ1v) is 13.2. The fourth-order valence-corrected chi connectivity index (χ4v) is 4.39. The number of unbranched alkanes of at least 4 members (excludes halogenated alkanes) is 6. The molecule has 0 spiro atoms.